The maximum Gasteiger partial charge on any atom is 0.0704 e. The molecule has 0 aliphatic rings. The van der Waals surface area contributed by atoms with Gasteiger partial charge in [0.2, 0.25) is 0 Å². The summed E-state index contributed by atoms with van der Waals surface area (Å²) in [6.45, 7) is 8.97. The van der Waals surface area contributed by atoms with Gasteiger partial charge in [-0.2, -0.15) is 0 Å². The van der Waals surface area contributed by atoms with Crippen molar-refractivity contribution in [1.82, 2.24) is 9.97 Å². The normalized spacial score (nSPS) is 11.0. The van der Waals surface area contributed by atoms with E-state index in [2.05, 4.69) is 98.3 Å². The second-order valence-electron chi connectivity index (χ2n) is 8.26. The molecule has 0 saturated heterocycles. The minimum absolute atomic E-state index is 0. The second kappa shape index (κ2) is 18.1. The van der Waals surface area contributed by atoms with Crippen LogP contribution in [0.15, 0.2) is 97.3 Å². The van der Waals surface area contributed by atoms with Gasteiger partial charge in [0, 0.05) is 23.5 Å². The van der Waals surface area contributed by atoms with E-state index >= 15 is 0 Å². The van der Waals surface area contributed by atoms with Crippen molar-refractivity contribution in [3.63, 3.8) is 0 Å². The van der Waals surface area contributed by atoms with E-state index < -0.39 is 0 Å². The summed E-state index contributed by atoms with van der Waals surface area (Å²) >= 11 is 0. The van der Waals surface area contributed by atoms with Crippen LogP contribution >= 0.6 is 0 Å². The lowest BCUT2D eigenvalue weighted by Gasteiger charge is -2.14. The molecule has 2 aromatic carbocycles. The highest BCUT2D eigenvalue weighted by Gasteiger charge is 2.10. The minimum Gasteiger partial charge on any atom is -0.256 e. The Morgan fingerprint density at radius 3 is 1.69 bits per heavy atom. The first-order valence-corrected chi connectivity index (χ1v) is 11.7. The fourth-order valence-corrected chi connectivity index (χ4v) is 3.68. The molecule has 0 N–H and O–H groups in total. The molecule has 0 saturated carbocycles. The van der Waals surface area contributed by atoms with E-state index in [0.717, 1.165) is 17.8 Å². The first kappa shape index (κ1) is 34.9. The Balaban J connectivity index is 0. The SMILES string of the molecule is C.C.C.C.CCC(C)c1cccc(-c2ccccn2)c1.CCC(C)c1ccccc1-c1ccccn1. The van der Waals surface area contributed by atoms with Crippen molar-refractivity contribution in [3.8, 4) is 22.5 Å². The van der Waals surface area contributed by atoms with Crippen LogP contribution in [-0.2, 0) is 0 Å². The molecule has 2 aromatic heterocycles. The van der Waals surface area contributed by atoms with Gasteiger partial charge in [-0.05, 0) is 66.1 Å². The first-order chi connectivity index (χ1) is 15.6. The summed E-state index contributed by atoms with van der Waals surface area (Å²) in [5.41, 5.74) is 7.37. The Morgan fingerprint density at radius 2 is 1.14 bits per heavy atom. The number of aromatic nitrogens is 2. The van der Waals surface area contributed by atoms with E-state index in [1.165, 1.54) is 28.7 Å². The molecular formula is C34H50N2. The Morgan fingerprint density at radius 1 is 0.583 bits per heavy atom. The standard InChI is InChI=1S/2C15H17N.4CH4/c1-3-12(2)13-7-6-8-14(11-13)15-9-4-5-10-16-15;1-3-12(2)13-8-4-5-9-14(13)15-10-6-7-11-16-15;;;;/h2*4-12H,3H2,1-2H3;4*1H4. The molecule has 0 amide bonds. The minimum atomic E-state index is 0. The predicted molar refractivity (Wildman–Crippen MR) is 164 cm³/mol. The van der Waals surface area contributed by atoms with Crippen molar-refractivity contribution in [1.29, 1.82) is 0 Å². The van der Waals surface area contributed by atoms with Crippen molar-refractivity contribution >= 4 is 0 Å². The van der Waals surface area contributed by atoms with Gasteiger partial charge in [-0.15, -0.1) is 0 Å². The molecule has 2 heterocycles. The van der Waals surface area contributed by atoms with E-state index in [1.807, 2.05) is 36.7 Å². The predicted octanol–water partition coefficient (Wildman–Crippen LogP) is 11.1. The summed E-state index contributed by atoms with van der Waals surface area (Å²) in [5, 5.41) is 0. The lowest BCUT2D eigenvalue weighted by Crippen LogP contribution is -1.95. The molecule has 0 fully saturated rings. The summed E-state index contributed by atoms with van der Waals surface area (Å²) < 4.78 is 0. The van der Waals surface area contributed by atoms with Gasteiger partial charge in [0.25, 0.3) is 0 Å². The third-order valence-corrected chi connectivity index (χ3v) is 6.07. The molecule has 2 nitrogen and oxygen atoms in total. The van der Waals surface area contributed by atoms with Gasteiger partial charge in [-0.3, -0.25) is 9.97 Å². The van der Waals surface area contributed by atoms with E-state index in [0.29, 0.717) is 11.8 Å². The summed E-state index contributed by atoms with van der Waals surface area (Å²) in [7, 11) is 0. The smallest absolute Gasteiger partial charge is 0.0704 e. The summed E-state index contributed by atoms with van der Waals surface area (Å²) in [6, 6.07) is 29.3. The molecule has 0 aliphatic heterocycles. The van der Waals surface area contributed by atoms with E-state index in [4.69, 9.17) is 0 Å². The van der Waals surface area contributed by atoms with Crippen molar-refractivity contribution in [2.45, 2.75) is 82.1 Å². The van der Waals surface area contributed by atoms with Crippen LogP contribution in [0.2, 0.25) is 0 Å². The Bertz CT molecular complexity index is 1070. The van der Waals surface area contributed by atoms with Crippen molar-refractivity contribution in [2.24, 2.45) is 0 Å². The quantitative estimate of drug-likeness (QED) is 0.271. The summed E-state index contributed by atoms with van der Waals surface area (Å²) in [6.07, 6.45) is 6.02. The average molecular weight is 487 g/mol. The molecule has 2 heteroatoms. The Kier molecular flexibility index (Phi) is 17.5. The molecule has 0 bridgehead atoms. The zero-order valence-corrected chi connectivity index (χ0v) is 19.7. The molecule has 2 atom stereocenters. The number of rotatable bonds is 6. The van der Waals surface area contributed by atoms with Crippen molar-refractivity contribution in [3.05, 3.63) is 108 Å². The van der Waals surface area contributed by atoms with Gasteiger partial charge < -0.3 is 0 Å². The van der Waals surface area contributed by atoms with Gasteiger partial charge in [0.1, 0.15) is 0 Å². The zero-order chi connectivity index (χ0) is 22.8. The van der Waals surface area contributed by atoms with E-state index in [1.54, 1.807) is 0 Å². The highest BCUT2D eigenvalue weighted by atomic mass is 14.7. The van der Waals surface area contributed by atoms with Crippen molar-refractivity contribution in [2.75, 3.05) is 0 Å². The number of hydrogen-bond donors (Lipinski definition) is 0. The molecule has 0 radical (unpaired) electrons. The zero-order valence-electron chi connectivity index (χ0n) is 19.7. The van der Waals surface area contributed by atoms with Crippen LogP contribution in [0.3, 0.4) is 0 Å². The number of nitrogens with zero attached hydrogens (tertiary/aromatic N) is 2. The Hall–Kier alpha value is -3.26. The van der Waals surface area contributed by atoms with Crippen LogP contribution < -0.4 is 0 Å². The fourth-order valence-electron chi connectivity index (χ4n) is 3.68. The maximum atomic E-state index is 4.43. The third kappa shape index (κ3) is 9.41. The monoisotopic (exact) mass is 486 g/mol. The third-order valence-electron chi connectivity index (χ3n) is 6.07. The highest BCUT2D eigenvalue weighted by molar-refractivity contribution is 5.64. The topological polar surface area (TPSA) is 25.8 Å². The molecule has 4 aromatic rings. The van der Waals surface area contributed by atoms with Gasteiger partial charge in [0.05, 0.1) is 11.4 Å². The van der Waals surface area contributed by atoms with E-state index in [9.17, 15) is 0 Å². The number of benzene rings is 2. The molecule has 4 rings (SSSR count). The van der Waals surface area contributed by atoms with E-state index in [-0.39, 0.29) is 29.7 Å². The number of pyridine rings is 2. The van der Waals surface area contributed by atoms with Crippen molar-refractivity contribution < 1.29 is 0 Å². The molecule has 2 unspecified atom stereocenters. The number of hydrogen-bond acceptors (Lipinski definition) is 2. The molecule has 0 aliphatic carbocycles. The van der Waals surface area contributed by atoms with Crippen LogP contribution in [0, 0.1) is 0 Å². The lowest BCUT2D eigenvalue weighted by molar-refractivity contribution is 0.734. The second-order valence-corrected chi connectivity index (χ2v) is 8.26. The van der Waals surface area contributed by atoms with Gasteiger partial charge in [-0.1, -0.05) is 112 Å². The van der Waals surface area contributed by atoms with Gasteiger partial charge in [-0.25, -0.2) is 0 Å². The highest BCUT2D eigenvalue weighted by Crippen LogP contribution is 2.29. The first-order valence-electron chi connectivity index (χ1n) is 11.7. The molecular weight excluding hydrogens is 436 g/mol. The summed E-state index contributed by atoms with van der Waals surface area (Å²) in [5.74, 6) is 1.20. The molecule has 36 heavy (non-hydrogen) atoms. The summed E-state index contributed by atoms with van der Waals surface area (Å²) in [4.78, 5) is 8.80. The van der Waals surface area contributed by atoms with Gasteiger partial charge in [0.15, 0.2) is 0 Å². The molecule has 0 spiro atoms. The van der Waals surface area contributed by atoms with Crippen LogP contribution in [-0.4, -0.2) is 9.97 Å². The van der Waals surface area contributed by atoms with Gasteiger partial charge >= 0.3 is 0 Å². The van der Waals surface area contributed by atoms with Crippen LogP contribution in [0.4, 0.5) is 0 Å². The lowest BCUT2D eigenvalue weighted by atomic mass is 9.92. The fraction of sp³-hybridized carbons (Fsp3) is 0.353. The van der Waals surface area contributed by atoms with Crippen LogP contribution in [0.1, 0.15) is 93.2 Å². The Labute approximate surface area is 222 Å². The average Bonchev–Trinajstić information content (AvgIpc) is 2.89. The van der Waals surface area contributed by atoms with Crippen LogP contribution in [0.25, 0.3) is 22.5 Å². The largest absolute Gasteiger partial charge is 0.256 e. The van der Waals surface area contributed by atoms with Crippen LogP contribution in [0.5, 0.6) is 0 Å². The maximum absolute atomic E-state index is 4.43. The molecule has 196 valence electrons.